The van der Waals surface area contributed by atoms with Crippen molar-refractivity contribution in [3.63, 3.8) is 0 Å². The van der Waals surface area contributed by atoms with Crippen molar-refractivity contribution in [2.45, 2.75) is 65.7 Å². The van der Waals surface area contributed by atoms with Crippen molar-refractivity contribution < 1.29 is 19.1 Å². The van der Waals surface area contributed by atoms with Crippen LogP contribution < -0.4 is 10.2 Å². The summed E-state index contributed by atoms with van der Waals surface area (Å²) in [6, 6.07) is 3.65. The number of carboxylic acids is 1. The zero-order valence-electron chi connectivity index (χ0n) is 19.8. The molecule has 0 atom stereocenters. The molecule has 0 aromatic carbocycles. The number of hydrogen-bond donors (Lipinski definition) is 2. The van der Waals surface area contributed by atoms with Gasteiger partial charge in [-0.05, 0) is 54.9 Å². The molecule has 3 rings (SSSR count). The Morgan fingerprint density at radius 3 is 2.31 bits per heavy atom. The van der Waals surface area contributed by atoms with Crippen molar-refractivity contribution in [3.05, 3.63) is 41.5 Å². The van der Waals surface area contributed by atoms with E-state index in [2.05, 4.69) is 37.9 Å². The van der Waals surface area contributed by atoms with Gasteiger partial charge in [0.2, 0.25) is 5.91 Å². The number of anilines is 2. The normalized spacial score (nSPS) is 15.0. The highest BCUT2D eigenvalue weighted by atomic mass is 16.4. The highest BCUT2D eigenvalue weighted by Crippen LogP contribution is 2.45. The number of furan rings is 1. The van der Waals surface area contributed by atoms with E-state index in [0.29, 0.717) is 47.5 Å². The Morgan fingerprint density at radius 2 is 1.84 bits per heavy atom. The zero-order chi connectivity index (χ0) is 23.5. The molecule has 2 aromatic heterocycles. The van der Waals surface area contributed by atoms with E-state index in [1.54, 1.807) is 12.5 Å². The lowest BCUT2D eigenvalue weighted by molar-refractivity contribution is -0.147. The molecule has 7 nitrogen and oxygen atoms in total. The number of carboxylic acid groups (broad SMARTS) is 1. The fourth-order valence-corrected chi connectivity index (χ4v) is 4.28. The Hall–Kier alpha value is -2.83. The minimum atomic E-state index is -0.913. The summed E-state index contributed by atoms with van der Waals surface area (Å²) in [5, 5.41) is 12.9. The number of nitrogens with zero attached hydrogens (tertiary/aromatic N) is 2. The van der Waals surface area contributed by atoms with Crippen LogP contribution in [0.1, 0.15) is 63.8 Å². The first-order chi connectivity index (χ1) is 15.1. The van der Waals surface area contributed by atoms with E-state index in [1.165, 1.54) is 0 Å². The van der Waals surface area contributed by atoms with E-state index in [4.69, 9.17) is 9.40 Å². The smallest absolute Gasteiger partial charge is 0.314 e. The first-order valence-corrected chi connectivity index (χ1v) is 11.4. The Labute approximate surface area is 190 Å². The van der Waals surface area contributed by atoms with E-state index in [1.807, 2.05) is 19.1 Å². The van der Waals surface area contributed by atoms with Gasteiger partial charge in [-0.2, -0.15) is 0 Å². The lowest BCUT2D eigenvalue weighted by atomic mass is 9.65. The third kappa shape index (κ3) is 5.31. The van der Waals surface area contributed by atoms with Crippen molar-refractivity contribution >= 4 is 23.4 Å². The van der Waals surface area contributed by atoms with Gasteiger partial charge in [-0.1, -0.05) is 34.1 Å². The van der Waals surface area contributed by atoms with Crippen LogP contribution >= 0.6 is 0 Å². The van der Waals surface area contributed by atoms with Crippen LogP contribution in [0.2, 0.25) is 0 Å². The van der Waals surface area contributed by atoms with E-state index < -0.39 is 11.4 Å². The van der Waals surface area contributed by atoms with Crippen LogP contribution in [0.5, 0.6) is 0 Å². The quantitative estimate of drug-likeness (QED) is 0.550. The summed E-state index contributed by atoms with van der Waals surface area (Å²) in [6.07, 6.45) is 5.46. The van der Waals surface area contributed by atoms with Crippen LogP contribution in [0.4, 0.5) is 11.5 Å². The molecule has 0 saturated heterocycles. The molecule has 2 heterocycles. The molecule has 32 heavy (non-hydrogen) atoms. The molecule has 1 aliphatic rings. The number of aliphatic carboxylic acids is 1. The number of rotatable bonds is 10. The summed E-state index contributed by atoms with van der Waals surface area (Å²) in [7, 11) is 0. The molecule has 1 saturated carbocycles. The van der Waals surface area contributed by atoms with Crippen LogP contribution in [-0.4, -0.2) is 35.1 Å². The number of aromatic nitrogens is 1. The summed E-state index contributed by atoms with van der Waals surface area (Å²) in [5.41, 5.74) is 1.26. The Morgan fingerprint density at radius 1 is 1.19 bits per heavy atom. The van der Waals surface area contributed by atoms with E-state index in [9.17, 15) is 14.7 Å². The average molecular weight is 442 g/mol. The fourth-order valence-electron chi connectivity index (χ4n) is 4.28. The van der Waals surface area contributed by atoms with Crippen molar-refractivity contribution in [1.29, 1.82) is 0 Å². The molecular formula is C25H35N3O4. The molecule has 0 spiro atoms. The minimum Gasteiger partial charge on any atom is -0.481 e. The van der Waals surface area contributed by atoms with Gasteiger partial charge in [0, 0.05) is 19.3 Å². The van der Waals surface area contributed by atoms with Crippen molar-refractivity contribution in [2.75, 3.05) is 23.3 Å². The van der Waals surface area contributed by atoms with Crippen LogP contribution in [-0.2, 0) is 21.4 Å². The lowest BCUT2D eigenvalue weighted by Gasteiger charge is -2.38. The second-order valence-electron chi connectivity index (χ2n) is 9.84. The van der Waals surface area contributed by atoms with Crippen LogP contribution in [0.25, 0.3) is 0 Å². The minimum absolute atomic E-state index is 0.107. The SMILES string of the molecule is Cc1coc(CC(=O)Nc2cc(C3(C(=O)O)CCC3)cnc2N(CC(C)C)CC(C)C)c1. The molecule has 1 fully saturated rings. The first-order valence-electron chi connectivity index (χ1n) is 11.4. The predicted molar refractivity (Wildman–Crippen MR) is 125 cm³/mol. The van der Waals surface area contributed by atoms with E-state index in [0.717, 1.165) is 25.1 Å². The summed E-state index contributed by atoms with van der Waals surface area (Å²) >= 11 is 0. The molecule has 0 unspecified atom stereocenters. The van der Waals surface area contributed by atoms with Gasteiger partial charge in [0.25, 0.3) is 0 Å². The Kier molecular flexibility index (Phi) is 7.26. The van der Waals surface area contributed by atoms with Gasteiger partial charge in [-0.3, -0.25) is 9.59 Å². The van der Waals surface area contributed by atoms with E-state index in [-0.39, 0.29) is 12.3 Å². The van der Waals surface area contributed by atoms with Gasteiger partial charge in [-0.15, -0.1) is 0 Å². The second kappa shape index (κ2) is 9.76. The maximum absolute atomic E-state index is 12.9. The van der Waals surface area contributed by atoms with Crippen LogP contribution in [0.3, 0.4) is 0 Å². The molecule has 2 aromatic rings. The highest BCUT2D eigenvalue weighted by Gasteiger charge is 2.46. The van der Waals surface area contributed by atoms with Gasteiger partial charge in [-0.25, -0.2) is 4.98 Å². The topological polar surface area (TPSA) is 95.7 Å². The van der Waals surface area contributed by atoms with E-state index >= 15 is 0 Å². The monoisotopic (exact) mass is 441 g/mol. The number of carbonyl (C=O) groups excluding carboxylic acids is 1. The third-order valence-corrected chi connectivity index (χ3v) is 5.90. The molecule has 0 aliphatic heterocycles. The molecular weight excluding hydrogens is 406 g/mol. The molecule has 1 aliphatic carbocycles. The van der Waals surface area contributed by atoms with Crippen molar-refractivity contribution in [1.82, 2.24) is 4.98 Å². The predicted octanol–water partition coefficient (Wildman–Crippen LogP) is 4.79. The number of hydrogen-bond acceptors (Lipinski definition) is 5. The van der Waals surface area contributed by atoms with Gasteiger partial charge in [0.05, 0.1) is 23.8 Å². The van der Waals surface area contributed by atoms with Gasteiger partial charge >= 0.3 is 5.97 Å². The molecule has 2 N–H and O–H groups in total. The average Bonchev–Trinajstić information content (AvgIpc) is 3.04. The lowest BCUT2D eigenvalue weighted by Crippen LogP contribution is -2.42. The number of aryl methyl sites for hydroxylation is 1. The third-order valence-electron chi connectivity index (χ3n) is 5.90. The number of nitrogens with one attached hydrogen (secondary N) is 1. The molecule has 0 bridgehead atoms. The Bertz CT molecular complexity index is 950. The summed E-state index contributed by atoms with van der Waals surface area (Å²) in [6.45, 7) is 12.1. The highest BCUT2D eigenvalue weighted by molar-refractivity contribution is 5.95. The standard InChI is InChI=1S/C25H35N3O4/c1-16(2)13-28(14-17(3)4)23-21(27-22(29)11-20-9-18(5)15-32-20)10-19(12-26-23)25(24(30)31)7-6-8-25/h9-10,12,15-17H,6-8,11,13-14H2,1-5H3,(H,27,29)(H,30,31). The second-order valence-corrected chi connectivity index (χ2v) is 9.84. The summed E-state index contributed by atoms with van der Waals surface area (Å²) < 4.78 is 5.43. The molecule has 1 amide bonds. The number of carbonyl (C=O) groups is 2. The van der Waals surface area contributed by atoms with Gasteiger partial charge in [0.1, 0.15) is 5.76 Å². The molecule has 7 heteroatoms. The summed E-state index contributed by atoms with van der Waals surface area (Å²) in [4.78, 5) is 31.8. The number of amides is 1. The maximum atomic E-state index is 12.9. The van der Waals surface area contributed by atoms with Crippen molar-refractivity contribution in [2.24, 2.45) is 11.8 Å². The first kappa shape index (κ1) is 23.8. The van der Waals surface area contributed by atoms with Crippen LogP contribution in [0.15, 0.2) is 29.0 Å². The van der Waals surface area contributed by atoms with Crippen LogP contribution in [0, 0.1) is 18.8 Å². The fraction of sp³-hybridized carbons (Fsp3) is 0.560. The van der Waals surface area contributed by atoms with Crippen molar-refractivity contribution in [3.8, 4) is 0 Å². The Balaban J connectivity index is 1.97. The molecule has 0 radical (unpaired) electrons. The van der Waals surface area contributed by atoms with Gasteiger partial charge in [0.15, 0.2) is 5.82 Å². The zero-order valence-corrected chi connectivity index (χ0v) is 19.8. The summed E-state index contributed by atoms with van der Waals surface area (Å²) in [5.74, 6) is 1.03. The van der Waals surface area contributed by atoms with Gasteiger partial charge < -0.3 is 19.7 Å². The maximum Gasteiger partial charge on any atom is 0.314 e. The molecule has 174 valence electrons. The largest absolute Gasteiger partial charge is 0.481 e. The number of pyridine rings is 1.